The molecule has 0 bridgehead atoms. The molecule has 0 aliphatic carbocycles. The van der Waals surface area contributed by atoms with Crippen LogP contribution in [0.15, 0.2) is 47.8 Å². The van der Waals surface area contributed by atoms with Crippen LogP contribution in [-0.4, -0.2) is 63.3 Å². The zero-order chi connectivity index (χ0) is 20.1. The normalized spacial score (nSPS) is 14.8. The van der Waals surface area contributed by atoms with Gasteiger partial charge in [0.15, 0.2) is 0 Å². The highest BCUT2D eigenvalue weighted by atomic mass is 32.2. The molecule has 2 aromatic heterocycles. The summed E-state index contributed by atoms with van der Waals surface area (Å²) in [5, 5.41) is -0.367. The number of alkyl halides is 3. The van der Waals surface area contributed by atoms with Crippen LogP contribution < -0.4 is 0 Å². The van der Waals surface area contributed by atoms with Crippen molar-refractivity contribution in [2.24, 2.45) is 0 Å². The SMILES string of the molecule is O=C(Cc1ccccn1)N1CCN(C(=O)c2cccnc2SC(F)(F)F)CC1. The molecule has 0 unspecified atom stereocenters. The number of nitrogens with zero attached hydrogens (tertiary/aromatic N) is 4. The predicted octanol–water partition coefficient (Wildman–Crippen LogP) is 2.62. The molecule has 148 valence electrons. The summed E-state index contributed by atoms with van der Waals surface area (Å²) >= 11 is -0.404. The molecular weight excluding hydrogens is 393 g/mol. The third kappa shape index (κ3) is 5.22. The molecule has 1 saturated heterocycles. The largest absolute Gasteiger partial charge is 0.447 e. The molecule has 28 heavy (non-hydrogen) atoms. The maximum atomic E-state index is 12.7. The Bertz CT molecular complexity index is 840. The molecular formula is C18H17F3N4O2S. The number of pyridine rings is 2. The van der Waals surface area contributed by atoms with Crippen molar-refractivity contribution in [2.75, 3.05) is 26.2 Å². The number of piperazine rings is 1. The van der Waals surface area contributed by atoms with Crippen molar-refractivity contribution in [1.29, 1.82) is 0 Å². The van der Waals surface area contributed by atoms with Crippen molar-refractivity contribution in [1.82, 2.24) is 19.8 Å². The van der Waals surface area contributed by atoms with Gasteiger partial charge < -0.3 is 9.80 Å². The van der Waals surface area contributed by atoms with E-state index in [2.05, 4.69) is 9.97 Å². The van der Waals surface area contributed by atoms with Crippen LogP contribution in [0, 0.1) is 0 Å². The minimum absolute atomic E-state index is 0.0851. The van der Waals surface area contributed by atoms with Crippen molar-refractivity contribution < 1.29 is 22.8 Å². The van der Waals surface area contributed by atoms with E-state index in [1.54, 1.807) is 29.3 Å². The standard InChI is InChI=1S/C18H17F3N4O2S/c19-18(20,21)28-16-14(5-3-7-23-16)17(27)25-10-8-24(9-11-25)15(26)12-13-4-1-2-6-22-13/h1-7H,8-12H2. The Hall–Kier alpha value is -2.62. The van der Waals surface area contributed by atoms with Crippen LogP contribution in [-0.2, 0) is 11.2 Å². The zero-order valence-electron chi connectivity index (χ0n) is 14.7. The molecule has 2 aromatic rings. The van der Waals surface area contributed by atoms with Crippen LogP contribution >= 0.6 is 11.8 Å². The van der Waals surface area contributed by atoms with Crippen LogP contribution in [0.25, 0.3) is 0 Å². The maximum absolute atomic E-state index is 12.7. The van der Waals surface area contributed by atoms with Crippen LogP contribution in [0.2, 0.25) is 0 Å². The number of carbonyl (C=O) groups excluding carboxylic acids is 2. The maximum Gasteiger partial charge on any atom is 0.447 e. The first-order valence-electron chi connectivity index (χ1n) is 8.51. The fourth-order valence-electron chi connectivity index (χ4n) is 2.84. The summed E-state index contributed by atoms with van der Waals surface area (Å²) in [7, 11) is 0. The lowest BCUT2D eigenvalue weighted by Gasteiger charge is -2.35. The summed E-state index contributed by atoms with van der Waals surface area (Å²) in [6, 6.07) is 8.10. The molecule has 2 amide bonds. The molecule has 0 saturated carbocycles. The highest BCUT2D eigenvalue weighted by Gasteiger charge is 2.33. The fourth-order valence-corrected chi connectivity index (χ4v) is 3.44. The Kier molecular flexibility index (Phi) is 6.18. The zero-order valence-corrected chi connectivity index (χ0v) is 15.5. The average Bonchev–Trinajstić information content (AvgIpc) is 2.67. The summed E-state index contributed by atoms with van der Waals surface area (Å²) in [4.78, 5) is 35.9. The number of rotatable bonds is 4. The third-order valence-electron chi connectivity index (χ3n) is 4.19. The number of thioether (sulfide) groups is 1. The van der Waals surface area contributed by atoms with Crippen molar-refractivity contribution >= 4 is 23.6 Å². The minimum Gasteiger partial charge on any atom is -0.339 e. The molecule has 1 fully saturated rings. The quantitative estimate of drug-likeness (QED) is 0.725. The Morgan fingerprint density at radius 3 is 2.29 bits per heavy atom. The lowest BCUT2D eigenvalue weighted by atomic mass is 10.2. The molecule has 6 nitrogen and oxygen atoms in total. The predicted molar refractivity (Wildman–Crippen MR) is 96.6 cm³/mol. The number of halogens is 3. The van der Waals surface area contributed by atoms with E-state index in [9.17, 15) is 22.8 Å². The fraction of sp³-hybridized carbons (Fsp3) is 0.333. The molecule has 0 atom stereocenters. The molecule has 0 spiro atoms. The van der Waals surface area contributed by atoms with Gasteiger partial charge in [0, 0.05) is 56.0 Å². The van der Waals surface area contributed by atoms with Gasteiger partial charge in [-0.3, -0.25) is 14.6 Å². The lowest BCUT2D eigenvalue weighted by Crippen LogP contribution is -2.51. The number of aromatic nitrogens is 2. The molecule has 10 heteroatoms. The van der Waals surface area contributed by atoms with Crippen LogP contribution in [0.1, 0.15) is 16.1 Å². The molecule has 3 rings (SSSR count). The van der Waals surface area contributed by atoms with Gasteiger partial charge in [0.25, 0.3) is 5.91 Å². The van der Waals surface area contributed by atoms with Gasteiger partial charge in [-0.1, -0.05) is 6.07 Å². The van der Waals surface area contributed by atoms with E-state index in [0.29, 0.717) is 18.8 Å². The second-order valence-corrected chi connectivity index (χ2v) is 7.13. The van der Waals surface area contributed by atoms with Gasteiger partial charge >= 0.3 is 5.51 Å². The highest BCUT2D eigenvalue weighted by molar-refractivity contribution is 8.00. The Balaban J connectivity index is 1.61. The number of hydrogen-bond acceptors (Lipinski definition) is 5. The summed E-state index contributed by atoms with van der Waals surface area (Å²) in [5.74, 6) is -0.614. The highest BCUT2D eigenvalue weighted by Crippen LogP contribution is 2.37. The number of hydrogen-bond donors (Lipinski definition) is 0. The second kappa shape index (κ2) is 8.59. The molecule has 1 aliphatic heterocycles. The first kappa shape index (κ1) is 20.1. The Labute approximate surface area is 163 Å². The molecule has 0 aromatic carbocycles. The van der Waals surface area contributed by atoms with Gasteiger partial charge in [0.1, 0.15) is 5.03 Å². The van der Waals surface area contributed by atoms with E-state index in [0.717, 1.165) is 0 Å². The van der Waals surface area contributed by atoms with Crippen molar-refractivity contribution in [3.63, 3.8) is 0 Å². The number of carbonyl (C=O) groups is 2. The van der Waals surface area contributed by atoms with E-state index < -0.39 is 23.2 Å². The van der Waals surface area contributed by atoms with Crippen molar-refractivity contribution in [3.05, 3.63) is 54.0 Å². The van der Waals surface area contributed by atoms with E-state index in [4.69, 9.17) is 0 Å². The lowest BCUT2D eigenvalue weighted by molar-refractivity contribution is -0.132. The van der Waals surface area contributed by atoms with Gasteiger partial charge in [-0.25, -0.2) is 4.98 Å². The first-order valence-corrected chi connectivity index (χ1v) is 9.33. The van der Waals surface area contributed by atoms with Crippen LogP contribution in [0.4, 0.5) is 13.2 Å². The first-order chi connectivity index (χ1) is 13.3. The molecule has 1 aliphatic rings. The van der Waals surface area contributed by atoms with Gasteiger partial charge in [-0.2, -0.15) is 13.2 Å². The van der Waals surface area contributed by atoms with E-state index in [1.165, 1.54) is 23.2 Å². The van der Waals surface area contributed by atoms with Crippen molar-refractivity contribution in [3.8, 4) is 0 Å². The van der Waals surface area contributed by atoms with Crippen LogP contribution in [0.3, 0.4) is 0 Å². The topological polar surface area (TPSA) is 66.4 Å². The van der Waals surface area contributed by atoms with E-state index in [1.807, 2.05) is 0 Å². The third-order valence-corrected chi connectivity index (χ3v) is 4.94. The summed E-state index contributed by atoms with van der Waals surface area (Å²) in [5.41, 5.74) is -3.95. The Morgan fingerprint density at radius 1 is 0.964 bits per heavy atom. The smallest absolute Gasteiger partial charge is 0.339 e. The summed E-state index contributed by atoms with van der Waals surface area (Å²) in [6.07, 6.45) is 3.01. The average molecular weight is 410 g/mol. The molecule has 0 N–H and O–H groups in total. The second-order valence-electron chi connectivity index (χ2n) is 6.07. The van der Waals surface area contributed by atoms with Gasteiger partial charge in [0.2, 0.25) is 5.91 Å². The van der Waals surface area contributed by atoms with Crippen molar-refractivity contribution in [2.45, 2.75) is 17.0 Å². The van der Waals surface area contributed by atoms with E-state index >= 15 is 0 Å². The number of amides is 2. The molecule has 0 radical (unpaired) electrons. The van der Waals surface area contributed by atoms with Gasteiger partial charge in [-0.05, 0) is 24.3 Å². The minimum atomic E-state index is -4.53. The summed E-state index contributed by atoms with van der Waals surface area (Å²) < 4.78 is 38.1. The molecule has 3 heterocycles. The van der Waals surface area contributed by atoms with Crippen LogP contribution in [0.5, 0.6) is 0 Å². The van der Waals surface area contributed by atoms with Gasteiger partial charge in [0.05, 0.1) is 12.0 Å². The van der Waals surface area contributed by atoms with Gasteiger partial charge in [-0.15, -0.1) is 0 Å². The Morgan fingerprint density at radius 2 is 1.64 bits per heavy atom. The van der Waals surface area contributed by atoms with E-state index in [-0.39, 0.29) is 36.0 Å². The summed E-state index contributed by atoms with van der Waals surface area (Å²) in [6.45, 7) is 1.13. The monoisotopic (exact) mass is 410 g/mol.